The first-order chi connectivity index (χ1) is 9.41. The van der Waals surface area contributed by atoms with E-state index in [0.717, 1.165) is 12.1 Å². The van der Waals surface area contributed by atoms with Crippen molar-refractivity contribution < 1.29 is 23.1 Å². The minimum atomic E-state index is -1.54. The maximum atomic E-state index is 13.9. The summed E-state index contributed by atoms with van der Waals surface area (Å²) >= 11 is 0. The average Bonchev–Trinajstić information content (AvgIpc) is 2.41. The first-order valence-electron chi connectivity index (χ1n) is 5.62. The summed E-state index contributed by atoms with van der Waals surface area (Å²) in [5.74, 6) is -4.69. The summed E-state index contributed by atoms with van der Waals surface area (Å²) in [5.41, 5.74) is -0.439. The quantitative estimate of drug-likeness (QED) is 0.935. The third-order valence-electron chi connectivity index (χ3n) is 2.87. The van der Waals surface area contributed by atoms with Crippen LogP contribution in [-0.4, -0.2) is 18.1 Å². The molecule has 0 spiro atoms. The van der Waals surface area contributed by atoms with Gasteiger partial charge in [-0.3, -0.25) is 0 Å². The molecule has 1 N–H and O–H groups in total. The van der Waals surface area contributed by atoms with E-state index in [1.165, 1.54) is 36.2 Å². The van der Waals surface area contributed by atoms with Crippen LogP contribution in [-0.2, 0) is 0 Å². The Labute approximate surface area is 112 Å². The van der Waals surface area contributed by atoms with E-state index in [4.69, 9.17) is 5.11 Å². The molecular weight excluding hydrogens is 271 g/mol. The normalized spacial score (nSPS) is 10.4. The van der Waals surface area contributed by atoms with Gasteiger partial charge in [-0.1, -0.05) is 0 Å². The van der Waals surface area contributed by atoms with E-state index in [2.05, 4.69) is 0 Å². The van der Waals surface area contributed by atoms with Crippen LogP contribution in [0.1, 0.15) is 10.4 Å². The van der Waals surface area contributed by atoms with E-state index >= 15 is 0 Å². The molecule has 2 aromatic rings. The second-order valence-electron chi connectivity index (χ2n) is 4.10. The predicted octanol–water partition coefficient (Wildman–Crippen LogP) is 3.57. The fraction of sp³-hybridized carbons (Fsp3) is 0.0714. The smallest absolute Gasteiger partial charge is 0.338 e. The molecule has 2 rings (SSSR count). The van der Waals surface area contributed by atoms with Crippen molar-refractivity contribution in [1.82, 2.24) is 0 Å². The largest absolute Gasteiger partial charge is 0.478 e. The zero-order valence-corrected chi connectivity index (χ0v) is 10.4. The van der Waals surface area contributed by atoms with Gasteiger partial charge in [-0.25, -0.2) is 18.0 Å². The molecule has 0 aliphatic carbocycles. The molecule has 0 aliphatic heterocycles. The van der Waals surface area contributed by atoms with Crippen molar-refractivity contribution in [3.05, 3.63) is 59.4 Å². The monoisotopic (exact) mass is 281 g/mol. The van der Waals surface area contributed by atoms with Gasteiger partial charge in [0.25, 0.3) is 0 Å². The minimum absolute atomic E-state index is 0.140. The maximum Gasteiger partial charge on any atom is 0.338 e. The van der Waals surface area contributed by atoms with Crippen LogP contribution in [0, 0.1) is 17.5 Å². The molecule has 3 nitrogen and oxygen atoms in total. The lowest BCUT2D eigenvalue weighted by Crippen LogP contribution is -2.14. The number of anilines is 2. The fourth-order valence-electron chi connectivity index (χ4n) is 1.77. The summed E-state index contributed by atoms with van der Waals surface area (Å²) in [6.07, 6.45) is 0. The van der Waals surface area contributed by atoms with Crippen molar-refractivity contribution in [3.63, 3.8) is 0 Å². The number of aromatic carboxylic acids is 1. The molecule has 0 unspecified atom stereocenters. The van der Waals surface area contributed by atoms with Crippen LogP contribution in [0.4, 0.5) is 24.5 Å². The number of nitrogens with zero attached hydrogens (tertiary/aromatic N) is 1. The lowest BCUT2D eigenvalue weighted by Gasteiger charge is -2.20. The molecule has 0 bridgehead atoms. The lowest BCUT2D eigenvalue weighted by atomic mass is 10.1. The molecule has 0 fully saturated rings. The van der Waals surface area contributed by atoms with E-state index in [9.17, 15) is 18.0 Å². The van der Waals surface area contributed by atoms with Crippen LogP contribution in [0.2, 0.25) is 0 Å². The average molecular weight is 281 g/mol. The Bertz CT molecular complexity index is 656. The lowest BCUT2D eigenvalue weighted by molar-refractivity contribution is 0.0690. The summed E-state index contributed by atoms with van der Waals surface area (Å²) in [6.45, 7) is 0. The summed E-state index contributed by atoms with van der Waals surface area (Å²) in [4.78, 5) is 12.0. The molecule has 0 amide bonds. The Morgan fingerprint density at radius 2 is 1.60 bits per heavy atom. The third-order valence-corrected chi connectivity index (χ3v) is 2.87. The number of rotatable bonds is 3. The number of halogens is 3. The zero-order valence-electron chi connectivity index (χ0n) is 10.4. The van der Waals surface area contributed by atoms with Crippen LogP contribution < -0.4 is 4.90 Å². The van der Waals surface area contributed by atoms with E-state index in [1.54, 1.807) is 0 Å². The Kier molecular flexibility index (Phi) is 3.65. The highest BCUT2D eigenvalue weighted by atomic mass is 19.2. The van der Waals surface area contributed by atoms with Crippen molar-refractivity contribution in [2.75, 3.05) is 11.9 Å². The summed E-state index contributed by atoms with van der Waals surface area (Å²) in [7, 11) is 1.46. The van der Waals surface area contributed by atoms with Crippen molar-refractivity contribution in [3.8, 4) is 0 Å². The van der Waals surface area contributed by atoms with Gasteiger partial charge in [0.15, 0.2) is 11.6 Å². The highest BCUT2D eigenvalue weighted by molar-refractivity contribution is 5.88. The molecule has 20 heavy (non-hydrogen) atoms. The molecule has 2 aromatic carbocycles. The first kappa shape index (κ1) is 13.9. The predicted molar refractivity (Wildman–Crippen MR) is 67.8 cm³/mol. The molecule has 0 aliphatic rings. The number of hydrogen-bond acceptors (Lipinski definition) is 2. The van der Waals surface area contributed by atoms with Crippen LogP contribution >= 0.6 is 0 Å². The molecule has 104 valence electrons. The number of carboxylic acid groups (broad SMARTS) is 1. The van der Waals surface area contributed by atoms with Crippen molar-refractivity contribution >= 4 is 17.3 Å². The molecule has 0 atom stereocenters. The second-order valence-corrected chi connectivity index (χ2v) is 4.10. The third kappa shape index (κ3) is 2.45. The minimum Gasteiger partial charge on any atom is -0.478 e. The molecule has 0 heterocycles. The van der Waals surface area contributed by atoms with Gasteiger partial charge in [-0.2, -0.15) is 0 Å². The Morgan fingerprint density at radius 3 is 2.15 bits per heavy atom. The van der Waals surface area contributed by atoms with E-state index in [-0.39, 0.29) is 5.69 Å². The second kappa shape index (κ2) is 5.24. The van der Waals surface area contributed by atoms with Crippen molar-refractivity contribution in [2.24, 2.45) is 0 Å². The highest BCUT2D eigenvalue weighted by Gasteiger charge is 2.20. The van der Waals surface area contributed by atoms with Crippen LogP contribution in [0.25, 0.3) is 0 Å². The van der Waals surface area contributed by atoms with Gasteiger partial charge in [0.2, 0.25) is 0 Å². The summed E-state index contributed by atoms with van der Waals surface area (Å²) < 4.78 is 40.3. The van der Waals surface area contributed by atoms with Crippen LogP contribution in [0.5, 0.6) is 0 Å². The first-order valence-corrected chi connectivity index (χ1v) is 5.62. The Balaban J connectivity index is 2.45. The van der Waals surface area contributed by atoms with Gasteiger partial charge in [0, 0.05) is 12.7 Å². The van der Waals surface area contributed by atoms with Gasteiger partial charge < -0.3 is 10.0 Å². The summed E-state index contributed by atoms with van der Waals surface area (Å²) in [5, 5.41) is 8.71. The van der Waals surface area contributed by atoms with Crippen LogP contribution in [0.15, 0.2) is 36.4 Å². The van der Waals surface area contributed by atoms with Crippen LogP contribution in [0.3, 0.4) is 0 Å². The van der Waals surface area contributed by atoms with E-state index in [0.29, 0.717) is 5.69 Å². The van der Waals surface area contributed by atoms with E-state index < -0.39 is 29.0 Å². The molecule has 0 radical (unpaired) electrons. The Hall–Kier alpha value is -2.50. The number of benzene rings is 2. The molecular formula is C14H10F3NO2. The van der Waals surface area contributed by atoms with Crippen molar-refractivity contribution in [1.29, 1.82) is 0 Å². The SMILES string of the molecule is CN(c1ccc(F)cc1)c1ccc(C(=O)O)c(F)c1F. The summed E-state index contributed by atoms with van der Waals surface area (Å²) in [6, 6.07) is 7.31. The van der Waals surface area contributed by atoms with Gasteiger partial charge in [-0.15, -0.1) is 0 Å². The molecule has 0 saturated heterocycles. The number of hydrogen-bond donors (Lipinski definition) is 1. The Morgan fingerprint density at radius 1 is 1.00 bits per heavy atom. The zero-order chi connectivity index (χ0) is 14.9. The van der Waals surface area contributed by atoms with Gasteiger partial charge in [0.1, 0.15) is 5.82 Å². The standard InChI is InChI=1S/C14H10F3NO2/c1-18(9-4-2-8(15)3-5-9)11-7-6-10(14(19)20)12(16)13(11)17/h2-7H,1H3,(H,19,20). The highest BCUT2D eigenvalue weighted by Crippen LogP contribution is 2.29. The topological polar surface area (TPSA) is 40.5 Å². The molecule has 6 heteroatoms. The maximum absolute atomic E-state index is 13.9. The molecule has 0 saturated carbocycles. The number of carboxylic acids is 1. The van der Waals surface area contributed by atoms with E-state index in [1.807, 2.05) is 0 Å². The van der Waals surface area contributed by atoms with Gasteiger partial charge in [-0.05, 0) is 36.4 Å². The van der Waals surface area contributed by atoms with Gasteiger partial charge >= 0.3 is 5.97 Å². The molecule has 0 aromatic heterocycles. The number of carbonyl (C=O) groups is 1. The van der Waals surface area contributed by atoms with Crippen molar-refractivity contribution in [2.45, 2.75) is 0 Å². The van der Waals surface area contributed by atoms with Gasteiger partial charge in [0.05, 0.1) is 11.3 Å². The fourth-order valence-corrected chi connectivity index (χ4v) is 1.77.